The molecule has 0 unspecified atom stereocenters. The Kier molecular flexibility index (Phi) is 15.8. The van der Waals surface area contributed by atoms with Gasteiger partial charge in [-0.15, -0.1) is 11.5 Å². The van der Waals surface area contributed by atoms with Crippen LogP contribution < -0.4 is 33.1 Å². The van der Waals surface area contributed by atoms with Crippen molar-refractivity contribution in [2.24, 2.45) is 57.0 Å². The Hall–Kier alpha value is -9.00. The zero-order valence-electron chi connectivity index (χ0n) is 45.7. The number of aryl methyl sites for hydroxylation is 2. The topological polar surface area (TPSA) is 347 Å². The summed E-state index contributed by atoms with van der Waals surface area (Å²) >= 11 is 0. The average molecular weight is 1160 g/mol. The first kappa shape index (κ1) is 57.7. The number of carbonyl (C=O) groups is 3. The second-order valence-electron chi connectivity index (χ2n) is 21.1. The third-order valence-electron chi connectivity index (χ3n) is 14.2. The summed E-state index contributed by atoms with van der Waals surface area (Å²) in [6.07, 6.45) is 17.7. The maximum Gasteiger partial charge on any atom is 0.333 e. The van der Waals surface area contributed by atoms with Crippen molar-refractivity contribution in [1.29, 1.82) is 0 Å². The number of sulfone groups is 2. The van der Waals surface area contributed by atoms with E-state index in [1.807, 2.05) is 18.2 Å². The van der Waals surface area contributed by atoms with Crippen molar-refractivity contribution in [3.05, 3.63) is 124 Å². The number of fused-ring (bicyclic) bond motifs is 2. The smallest absolute Gasteiger partial charge is 0.326 e. The molecule has 5 heterocycles. The molecule has 0 aliphatic heterocycles. The number of nitrogens with one attached hydrogen (secondary N) is 2. The molecule has 7 aromatic rings. The SMILES string of the molecule is C#CCn1c(=O)n(C)c(=O)c2c1nc(S(C)(=O)=O)n2C.C=C(Cc1cc(NC(=O)C2CC2)cc(-n2cc(Cn3c(=O)n(C)c(=O)c4c3nc(S(C)(=O)=O)n4C)nn2)c1)C1CC1.[N-]=[N+]=Nc1cc(CC(=O)C2CC2)cc(NC(=O)C2CC2)c1. The maximum absolute atomic E-state index is 13.1. The number of benzene rings is 2. The second kappa shape index (κ2) is 22.5. The van der Waals surface area contributed by atoms with Crippen LogP contribution in [-0.4, -0.2) is 99.3 Å². The number of rotatable bonds is 17. The summed E-state index contributed by atoms with van der Waals surface area (Å²) < 4.78 is 55.8. The summed E-state index contributed by atoms with van der Waals surface area (Å²) in [7, 11) is -1.96. The third-order valence-corrected chi connectivity index (χ3v) is 16.3. The number of allylic oxidation sites excluding steroid dienone is 1. The summed E-state index contributed by atoms with van der Waals surface area (Å²) in [6.45, 7) is 4.03. The van der Waals surface area contributed by atoms with Crippen LogP contribution in [0.3, 0.4) is 0 Å². The zero-order valence-corrected chi connectivity index (χ0v) is 47.3. The molecule has 0 atom stereocenters. The molecule has 4 saturated carbocycles. The number of nitrogens with zero attached hydrogens (tertiary/aromatic N) is 14. The van der Waals surface area contributed by atoms with Gasteiger partial charge in [-0.25, -0.2) is 31.1 Å². The number of hydrogen-bond acceptors (Lipinski definition) is 16. The van der Waals surface area contributed by atoms with E-state index < -0.39 is 42.2 Å². The Labute approximate surface area is 467 Å². The molecule has 428 valence electrons. The Balaban J connectivity index is 0.000000165. The number of amides is 2. The van der Waals surface area contributed by atoms with E-state index >= 15 is 0 Å². The van der Waals surface area contributed by atoms with E-state index in [2.05, 4.69) is 53.4 Å². The van der Waals surface area contributed by atoms with Gasteiger partial charge in [-0.05, 0) is 117 Å². The fourth-order valence-electron chi connectivity index (χ4n) is 9.28. The van der Waals surface area contributed by atoms with E-state index in [4.69, 9.17) is 12.0 Å². The monoisotopic (exact) mass is 1160 g/mol. The lowest BCUT2D eigenvalue weighted by Crippen LogP contribution is -2.39. The van der Waals surface area contributed by atoms with Crippen LogP contribution in [0, 0.1) is 36.0 Å². The van der Waals surface area contributed by atoms with E-state index in [0.29, 0.717) is 47.2 Å². The Morgan fingerprint density at radius 2 is 1.18 bits per heavy atom. The molecular formula is C53H58N16O11S2. The van der Waals surface area contributed by atoms with Gasteiger partial charge in [0.05, 0.1) is 25.0 Å². The highest BCUT2D eigenvalue weighted by atomic mass is 32.2. The maximum atomic E-state index is 13.1. The van der Waals surface area contributed by atoms with Gasteiger partial charge in [-0.1, -0.05) is 28.4 Å². The first-order valence-corrected chi connectivity index (χ1v) is 29.8. The molecule has 4 aliphatic carbocycles. The lowest BCUT2D eigenvalue weighted by atomic mass is 10.0. The Morgan fingerprint density at radius 1 is 0.695 bits per heavy atom. The van der Waals surface area contributed by atoms with Crippen LogP contribution in [0.5, 0.6) is 0 Å². The van der Waals surface area contributed by atoms with Gasteiger partial charge in [-0.3, -0.25) is 42.2 Å². The minimum atomic E-state index is -3.77. The molecule has 2 aromatic carbocycles. The van der Waals surface area contributed by atoms with Crippen LogP contribution in [-0.2, 0) is 88.2 Å². The molecule has 4 aliphatic rings. The summed E-state index contributed by atoms with van der Waals surface area (Å²) in [5, 5.41) is 17.3. The molecule has 11 rings (SSSR count). The van der Waals surface area contributed by atoms with Crippen molar-refractivity contribution in [1.82, 2.24) is 52.4 Å². The molecule has 0 spiro atoms. The van der Waals surface area contributed by atoms with Gasteiger partial charge < -0.3 is 19.8 Å². The molecule has 0 bridgehead atoms. The molecule has 5 aromatic heterocycles. The number of imidazole rings is 2. The lowest BCUT2D eigenvalue weighted by molar-refractivity contribution is -0.119. The number of azide groups is 1. The summed E-state index contributed by atoms with van der Waals surface area (Å²) in [5.41, 5.74) is 11.6. The Morgan fingerprint density at radius 3 is 1.67 bits per heavy atom. The number of anilines is 2. The van der Waals surface area contributed by atoms with E-state index in [1.165, 1.54) is 37.3 Å². The number of carbonyl (C=O) groups excluding carboxylic acids is 3. The first-order valence-electron chi connectivity index (χ1n) is 26.0. The summed E-state index contributed by atoms with van der Waals surface area (Å²) in [5.74, 6) is 3.36. The molecule has 0 radical (unpaired) electrons. The fraction of sp³-hybridized carbons (Fsp3) is 0.415. The number of Topliss-reactive ketones (excluding diaryl/α,β-unsaturated/α-hetero) is 1. The lowest BCUT2D eigenvalue weighted by Gasteiger charge is -2.12. The van der Waals surface area contributed by atoms with Gasteiger partial charge in [0.15, 0.2) is 22.3 Å². The predicted octanol–water partition coefficient (Wildman–Crippen LogP) is 3.29. The van der Waals surface area contributed by atoms with Crippen LogP contribution in [0.1, 0.15) is 68.2 Å². The van der Waals surface area contributed by atoms with Crippen molar-refractivity contribution in [2.75, 3.05) is 23.1 Å². The number of terminal acetylenes is 1. The molecule has 82 heavy (non-hydrogen) atoms. The van der Waals surface area contributed by atoms with Gasteiger partial charge >= 0.3 is 11.4 Å². The van der Waals surface area contributed by atoms with Crippen LogP contribution in [0.2, 0.25) is 0 Å². The van der Waals surface area contributed by atoms with Gasteiger partial charge in [0, 0.05) is 86.9 Å². The molecule has 0 saturated heterocycles. The van der Waals surface area contributed by atoms with E-state index in [0.717, 1.165) is 98.8 Å². The van der Waals surface area contributed by atoms with Gasteiger partial charge in [-0.2, -0.15) is 9.97 Å². The molecule has 29 heteroatoms. The zero-order chi connectivity index (χ0) is 59.3. The van der Waals surface area contributed by atoms with E-state index in [9.17, 15) is 50.4 Å². The molecular weight excluding hydrogens is 1100 g/mol. The van der Waals surface area contributed by atoms with Crippen LogP contribution in [0.15, 0.2) is 89.4 Å². The minimum absolute atomic E-state index is 0.00435. The quantitative estimate of drug-likeness (QED) is 0.0434. The standard InChI is InChI=1S/C27H30N8O5S.C15H16N4O2.C11H12N4O4S/c1-15(17-5-6-17)9-16-10-19(28-24(36)18-7-8-18)12-21(11-16)35-14-20(30-31-35)13-34-23-22(25(37)33(3)27(34)38)32(2)26(29-23)41(4,39)40;16-19-18-13-6-9(7-14(20)10-1-2-10)5-12(8-13)17-15(21)11-3-4-11;1-5-6-15-8-7(9(16)14(3)11(15)17)13(2)10(12-8)20(4,18)19/h10-12,14,17-18H,1,5-9,13H2,2-4H3,(H,28,36);5-6,8,10-11H,1-4,7H2,(H,17,21);1H,6H2,2-4H3. The highest BCUT2D eigenvalue weighted by molar-refractivity contribution is 7.90. The van der Waals surface area contributed by atoms with Crippen molar-refractivity contribution in [2.45, 2.75) is 87.6 Å². The number of hydrogen-bond donors (Lipinski definition) is 2. The van der Waals surface area contributed by atoms with E-state index in [1.54, 1.807) is 29.1 Å². The molecule has 4 fully saturated rings. The summed E-state index contributed by atoms with van der Waals surface area (Å²) in [4.78, 5) is 97.1. The molecule has 27 nitrogen and oxygen atoms in total. The van der Waals surface area contributed by atoms with Crippen LogP contribution in [0.4, 0.5) is 17.1 Å². The predicted molar refractivity (Wildman–Crippen MR) is 301 cm³/mol. The highest BCUT2D eigenvalue weighted by Gasteiger charge is 2.33. The normalized spacial score (nSPS) is 14.9. The van der Waals surface area contributed by atoms with Crippen LogP contribution in [0.25, 0.3) is 38.5 Å². The first-order chi connectivity index (χ1) is 38.7. The number of aromatic nitrogens is 11. The molecule has 2 amide bonds. The number of ketones is 1. The van der Waals surface area contributed by atoms with Crippen molar-refractivity contribution >= 4 is 76.7 Å². The molecule has 2 N–H and O–H groups in total. The highest BCUT2D eigenvalue weighted by Crippen LogP contribution is 2.38. The van der Waals surface area contributed by atoms with Crippen molar-refractivity contribution < 1.29 is 31.2 Å². The van der Waals surface area contributed by atoms with Gasteiger partial charge in [0.1, 0.15) is 11.5 Å². The minimum Gasteiger partial charge on any atom is -0.326 e. The summed E-state index contributed by atoms with van der Waals surface area (Å²) in [6, 6.07) is 10.9. The van der Waals surface area contributed by atoms with Gasteiger partial charge in [0.25, 0.3) is 11.1 Å². The average Bonchev–Trinajstić information content (AvgIpc) is 4.27. The third kappa shape index (κ3) is 12.6. The van der Waals surface area contributed by atoms with Crippen LogP contribution >= 0.6 is 0 Å². The van der Waals surface area contributed by atoms with E-state index in [-0.39, 0.29) is 81.1 Å². The van der Waals surface area contributed by atoms with Crippen molar-refractivity contribution in [3.63, 3.8) is 0 Å². The second-order valence-corrected chi connectivity index (χ2v) is 25.0. The largest absolute Gasteiger partial charge is 0.333 e. The fourth-order valence-corrected chi connectivity index (χ4v) is 11.0. The Bertz CT molecular complexity index is 4330. The van der Waals surface area contributed by atoms with Crippen molar-refractivity contribution in [3.8, 4) is 18.0 Å². The van der Waals surface area contributed by atoms with Gasteiger partial charge in [0.2, 0.25) is 41.8 Å².